The minimum absolute atomic E-state index is 0.930. The molecule has 4 heteroatoms. The molecule has 3 nitrogen and oxygen atoms in total. The molecule has 0 saturated carbocycles. The van der Waals surface area contributed by atoms with Crippen LogP contribution in [0.1, 0.15) is 11.1 Å². The number of piperazine rings is 1. The van der Waals surface area contributed by atoms with Gasteiger partial charge in [-0.25, -0.2) is 5.32 Å². The lowest BCUT2D eigenvalue weighted by Gasteiger charge is -2.27. The maximum Gasteiger partial charge on any atom is 0.0758 e. The highest BCUT2D eigenvalue weighted by atomic mass is 32.1. The molecule has 3 rings (SSSR count). The van der Waals surface area contributed by atoms with Crippen LogP contribution < -0.4 is 5.32 Å². The van der Waals surface area contributed by atoms with Gasteiger partial charge in [-0.15, -0.1) is 12.6 Å². The fourth-order valence-electron chi connectivity index (χ4n) is 2.70. The average molecular weight is 298 g/mol. The van der Waals surface area contributed by atoms with Crippen molar-refractivity contribution in [2.45, 2.75) is 18.4 Å². The van der Waals surface area contributed by atoms with Gasteiger partial charge in [-0.3, -0.25) is 9.88 Å². The van der Waals surface area contributed by atoms with Gasteiger partial charge < -0.3 is 0 Å². The highest BCUT2D eigenvalue weighted by molar-refractivity contribution is 7.80. The number of aryl methyl sites for hydroxylation is 1. The largest absolute Gasteiger partial charge is 0.296 e. The zero-order valence-electron chi connectivity index (χ0n) is 12.3. The molecule has 2 aromatic rings. The molecule has 0 N–H and O–H groups in total. The van der Waals surface area contributed by atoms with Crippen LogP contribution in [0.2, 0.25) is 0 Å². The zero-order chi connectivity index (χ0) is 14.7. The summed E-state index contributed by atoms with van der Waals surface area (Å²) in [5.74, 6) is 0. The van der Waals surface area contributed by atoms with E-state index in [-0.39, 0.29) is 0 Å². The van der Waals surface area contributed by atoms with E-state index in [1.54, 1.807) is 0 Å². The highest BCUT2D eigenvalue weighted by Crippen LogP contribution is 2.29. The van der Waals surface area contributed by atoms with Crippen molar-refractivity contribution >= 4 is 12.6 Å². The molecule has 1 aromatic heterocycles. The van der Waals surface area contributed by atoms with Crippen LogP contribution in [0.25, 0.3) is 11.3 Å². The van der Waals surface area contributed by atoms with Crippen LogP contribution in [0.4, 0.5) is 0 Å². The van der Waals surface area contributed by atoms with Gasteiger partial charge in [0.1, 0.15) is 0 Å². The first-order chi connectivity index (χ1) is 10.2. The Morgan fingerprint density at radius 1 is 1.19 bits per heavy atom. The van der Waals surface area contributed by atoms with Crippen molar-refractivity contribution in [1.29, 1.82) is 0 Å². The fourth-order valence-corrected chi connectivity index (χ4v) is 3.08. The SMILES string of the molecule is Cc1ccc(-c2ncccc2CN2CC[N]CC2)c(S)c1. The second kappa shape index (κ2) is 6.60. The lowest BCUT2D eigenvalue weighted by molar-refractivity contribution is 0.231. The maximum absolute atomic E-state index is 4.62. The van der Waals surface area contributed by atoms with Gasteiger partial charge in [0, 0.05) is 49.4 Å². The third kappa shape index (κ3) is 3.46. The summed E-state index contributed by atoms with van der Waals surface area (Å²) in [4.78, 5) is 8.04. The summed E-state index contributed by atoms with van der Waals surface area (Å²) in [5, 5.41) is 4.40. The third-order valence-corrected chi connectivity index (χ3v) is 4.21. The van der Waals surface area contributed by atoms with E-state index in [0.29, 0.717) is 0 Å². The number of hydrogen-bond donors (Lipinski definition) is 1. The van der Waals surface area contributed by atoms with Gasteiger partial charge in [0.15, 0.2) is 0 Å². The Hall–Kier alpha value is -1.36. The van der Waals surface area contributed by atoms with Gasteiger partial charge in [-0.2, -0.15) is 0 Å². The molecule has 0 bridgehead atoms. The van der Waals surface area contributed by atoms with Crippen molar-refractivity contribution in [2.24, 2.45) is 0 Å². The van der Waals surface area contributed by atoms with Crippen molar-refractivity contribution in [3.05, 3.63) is 47.7 Å². The summed E-state index contributed by atoms with van der Waals surface area (Å²) in [6.45, 7) is 6.97. The molecule has 0 spiro atoms. The Morgan fingerprint density at radius 2 is 2.00 bits per heavy atom. The smallest absolute Gasteiger partial charge is 0.0758 e. The molecule has 0 aliphatic carbocycles. The number of aromatic nitrogens is 1. The van der Waals surface area contributed by atoms with Crippen LogP contribution >= 0.6 is 12.6 Å². The fraction of sp³-hybridized carbons (Fsp3) is 0.353. The zero-order valence-corrected chi connectivity index (χ0v) is 13.2. The average Bonchev–Trinajstić information content (AvgIpc) is 2.49. The highest BCUT2D eigenvalue weighted by Gasteiger charge is 2.15. The predicted molar refractivity (Wildman–Crippen MR) is 88.8 cm³/mol. The van der Waals surface area contributed by atoms with Gasteiger partial charge in [-0.1, -0.05) is 18.2 Å². The minimum Gasteiger partial charge on any atom is -0.296 e. The van der Waals surface area contributed by atoms with E-state index >= 15 is 0 Å². The van der Waals surface area contributed by atoms with Crippen LogP contribution in [0.3, 0.4) is 0 Å². The summed E-state index contributed by atoms with van der Waals surface area (Å²) in [5.41, 5.74) is 4.64. The molecule has 109 valence electrons. The van der Waals surface area contributed by atoms with Crippen LogP contribution in [0.15, 0.2) is 41.4 Å². The van der Waals surface area contributed by atoms with Gasteiger partial charge in [-0.05, 0) is 30.2 Å². The number of hydrogen-bond acceptors (Lipinski definition) is 3. The standard InChI is InChI=1S/C17H20N3S/c1-13-4-5-15(16(21)11-13)17-14(3-2-6-19-17)12-20-9-7-18-8-10-20/h2-6,11,21H,7-10,12H2,1H3. The topological polar surface area (TPSA) is 30.2 Å². The first kappa shape index (κ1) is 14.6. The number of thiol groups is 1. The van der Waals surface area contributed by atoms with Crippen molar-refractivity contribution in [3.8, 4) is 11.3 Å². The Balaban J connectivity index is 1.91. The molecule has 1 fully saturated rings. The minimum atomic E-state index is 0.930. The maximum atomic E-state index is 4.62. The molecule has 1 aliphatic heterocycles. The van der Waals surface area contributed by atoms with E-state index in [4.69, 9.17) is 0 Å². The molecule has 1 saturated heterocycles. The second-order valence-corrected chi connectivity index (χ2v) is 5.96. The molecule has 1 aliphatic rings. The Labute approximate surface area is 131 Å². The second-order valence-electron chi connectivity index (χ2n) is 5.48. The number of nitrogens with zero attached hydrogens (tertiary/aromatic N) is 3. The monoisotopic (exact) mass is 298 g/mol. The molecule has 0 amide bonds. The third-order valence-electron chi connectivity index (χ3n) is 3.84. The van der Waals surface area contributed by atoms with E-state index in [2.05, 4.69) is 59.0 Å². The first-order valence-corrected chi connectivity index (χ1v) is 7.78. The van der Waals surface area contributed by atoms with E-state index in [1.807, 2.05) is 12.3 Å². The van der Waals surface area contributed by atoms with E-state index in [1.165, 1.54) is 11.1 Å². The van der Waals surface area contributed by atoms with Crippen molar-refractivity contribution in [3.63, 3.8) is 0 Å². The van der Waals surface area contributed by atoms with Gasteiger partial charge in [0.25, 0.3) is 0 Å². The van der Waals surface area contributed by atoms with Gasteiger partial charge in [0.05, 0.1) is 5.69 Å². The Kier molecular flexibility index (Phi) is 4.58. The number of benzene rings is 1. The van der Waals surface area contributed by atoms with Crippen molar-refractivity contribution in [1.82, 2.24) is 15.2 Å². The summed E-state index contributed by atoms with van der Waals surface area (Å²) < 4.78 is 0. The summed E-state index contributed by atoms with van der Waals surface area (Å²) in [6.07, 6.45) is 1.86. The molecule has 1 aromatic carbocycles. The molecular formula is C17H20N3S. The molecular weight excluding hydrogens is 278 g/mol. The summed E-state index contributed by atoms with van der Waals surface area (Å²) >= 11 is 4.62. The molecule has 21 heavy (non-hydrogen) atoms. The molecule has 1 radical (unpaired) electrons. The van der Waals surface area contributed by atoms with Gasteiger partial charge >= 0.3 is 0 Å². The molecule has 0 atom stereocenters. The quantitative estimate of drug-likeness (QED) is 0.883. The summed E-state index contributed by atoms with van der Waals surface area (Å²) in [7, 11) is 0. The van der Waals surface area contributed by atoms with Crippen molar-refractivity contribution < 1.29 is 0 Å². The molecule has 0 unspecified atom stereocenters. The number of pyridine rings is 1. The lowest BCUT2D eigenvalue weighted by atomic mass is 10.0. The first-order valence-electron chi connectivity index (χ1n) is 7.33. The van der Waals surface area contributed by atoms with Crippen LogP contribution in [0, 0.1) is 6.92 Å². The Morgan fingerprint density at radius 3 is 2.76 bits per heavy atom. The van der Waals surface area contributed by atoms with Crippen molar-refractivity contribution in [2.75, 3.05) is 26.2 Å². The normalized spacial score (nSPS) is 16.1. The Bertz CT molecular complexity index is 621. The van der Waals surface area contributed by atoms with Crippen LogP contribution in [-0.2, 0) is 6.54 Å². The lowest BCUT2D eigenvalue weighted by Crippen LogP contribution is -2.39. The van der Waals surface area contributed by atoms with E-state index in [9.17, 15) is 0 Å². The van der Waals surface area contributed by atoms with Crippen LogP contribution in [0.5, 0.6) is 0 Å². The van der Waals surface area contributed by atoms with Crippen LogP contribution in [-0.4, -0.2) is 36.1 Å². The molecule has 2 heterocycles. The number of rotatable bonds is 3. The summed E-state index contributed by atoms with van der Waals surface area (Å²) in [6, 6.07) is 10.5. The predicted octanol–water partition coefficient (Wildman–Crippen LogP) is 2.77. The van der Waals surface area contributed by atoms with Gasteiger partial charge in [0.2, 0.25) is 0 Å². The van der Waals surface area contributed by atoms with E-state index < -0.39 is 0 Å². The van der Waals surface area contributed by atoms with E-state index in [0.717, 1.165) is 48.9 Å².